The van der Waals surface area contributed by atoms with Gasteiger partial charge in [-0.05, 0) is 38.1 Å². The third kappa shape index (κ3) is 4.38. The average molecular weight is 502 g/mol. The molecule has 168 valence electrons. The van der Waals surface area contributed by atoms with Crippen LogP contribution in [-0.2, 0) is 16.6 Å². The van der Waals surface area contributed by atoms with E-state index in [9.17, 15) is 13.7 Å². The van der Waals surface area contributed by atoms with Gasteiger partial charge in [-0.15, -0.1) is 0 Å². The Balaban J connectivity index is 1.83. The molecule has 0 aliphatic heterocycles. The van der Waals surface area contributed by atoms with Crippen LogP contribution in [0.2, 0.25) is 10.0 Å². The standard InChI is InChI=1S/C22H17Cl2N5O3S/c1-13-22(14(2)32-28-13)33(30,31)26-12-19-17(11-25)21(15-7-9-16(23)10-8-15)29(27-19)20-6-4-3-5-18(20)24/h3-10,26H,12H2,1-2H3. The first kappa shape index (κ1) is 23.0. The Hall–Kier alpha value is -3.16. The third-order valence-electron chi connectivity index (χ3n) is 4.93. The third-order valence-corrected chi connectivity index (χ3v) is 7.15. The Morgan fingerprint density at radius 2 is 1.82 bits per heavy atom. The van der Waals surface area contributed by atoms with E-state index in [0.29, 0.717) is 27.0 Å². The molecule has 0 aliphatic carbocycles. The molecule has 8 nitrogen and oxygen atoms in total. The average Bonchev–Trinajstić information content (AvgIpc) is 3.32. The highest BCUT2D eigenvalue weighted by molar-refractivity contribution is 7.89. The lowest BCUT2D eigenvalue weighted by Crippen LogP contribution is -2.24. The van der Waals surface area contributed by atoms with Crippen LogP contribution in [0.4, 0.5) is 0 Å². The van der Waals surface area contributed by atoms with Crippen LogP contribution in [0.5, 0.6) is 0 Å². The van der Waals surface area contributed by atoms with Gasteiger partial charge < -0.3 is 4.52 Å². The molecule has 0 bridgehead atoms. The van der Waals surface area contributed by atoms with Crippen LogP contribution in [0.1, 0.15) is 22.7 Å². The Morgan fingerprint density at radius 3 is 2.42 bits per heavy atom. The highest BCUT2D eigenvalue weighted by atomic mass is 35.5. The van der Waals surface area contributed by atoms with Gasteiger partial charge in [-0.3, -0.25) is 0 Å². The monoisotopic (exact) mass is 501 g/mol. The highest BCUT2D eigenvalue weighted by Gasteiger charge is 2.27. The summed E-state index contributed by atoms with van der Waals surface area (Å²) in [6, 6.07) is 16.1. The van der Waals surface area contributed by atoms with Crippen molar-refractivity contribution in [2.24, 2.45) is 0 Å². The zero-order valence-electron chi connectivity index (χ0n) is 17.5. The molecule has 1 N–H and O–H groups in total. The number of sulfonamides is 1. The van der Waals surface area contributed by atoms with E-state index in [-0.39, 0.29) is 34.2 Å². The van der Waals surface area contributed by atoms with E-state index in [4.69, 9.17) is 27.7 Å². The number of halogens is 2. The fourth-order valence-electron chi connectivity index (χ4n) is 3.47. The Labute approximate surface area is 200 Å². The van der Waals surface area contributed by atoms with Crippen molar-refractivity contribution in [3.8, 4) is 23.0 Å². The van der Waals surface area contributed by atoms with Crippen molar-refractivity contribution in [3.63, 3.8) is 0 Å². The van der Waals surface area contributed by atoms with Crippen LogP contribution in [0.15, 0.2) is 57.9 Å². The fraction of sp³-hybridized carbons (Fsp3) is 0.136. The molecule has 33 heavy (non-hydrogen) atoms. The summed E-state index contributed by atoms with van der Waals surface area (Å²) in [5.41, 5.74) is 2.36. The minimum absolute atomic E-state index is 0.0375. The quantitative estimate of drug-likeness (QED) is 0.405. The van der Waals surface area contributed by atoms with Crippen LogP contribution in [-0.4, -0.2) is 23.4 Å². The molecule has 2 heterocycles. The van der Waals surface area contributed by atoms with Gasteiger partial charge >= 0.3 is 0 Å². The van der Waals surface area contributed by atoms with Gasteiger partial charge in [-0.1, -0.05) is 52.6 Å². The molecule has 4 aromatic rings. The lowest BCUT2D eigenvalue weighted by atomic mass is 10.1. The van der Waals surface area contributed by atoms with E-state index in [1.54, 1.807) is 48.5 Å². The number of nitrogens with zero attached hydrogens (tertiary/aromatic N) is 4. The van der Waals surface area contributed by atoms with Gasteiger partial charge in [0.2, 0.25) is 10.0 Å². The van der Waals surface area contributed by atoms with Gasteiger partial charge in [0.15, 0.2) is 5.76 Å². The number of aromatic nitrogens is 3. The highest BCUT2D eigenvalue weighted by Crippen LogP contribution is 2.32. The van der Waals surface area contributed by atoms with Crippen LogP contribution in [0, 0.1) is 25.2 Å². The Morgan fingerprint density at radius 1 is 1.12 bits per heavy atom. The number of rotatable bonds is 6. The first-order valence-electron chi connectivity index (χ1n) is 9.68. The minimum Gasteiger partial charge on any atom is -0.360 e. The van der Waals surface area contributed by atoms with Crippen LogP contribution in [0.3, 0.4) is 0 Å². The normalized spacial score (nSPS) is 11.5. The van der Waals surface area contributed by atoms with Crippen molar-refractivity contribution in [1.82, 2.24) is 19.7 Å². The molecule has 0 fully saturated rings. The van der Waals surface area contributed by atoms with Crippen LogP contribution >= 0.6 is 23.2 Å². The number of nitrogens with one attached hydrogen (secondary N) is 1. The summed E-state index contributed by atoms with van der Waals surface area (Å²) in [6.45, 7) is 2.82. The molecule has 0 saturated heterocycles. The van der Waals surface area contributed by atoms with Crippen LogP contribution in [0.25, 0.3) is 16.9 Å². The summed E-state index contributed by atoms with van der Waals surface area (Å²) in [7, 11) is -3.96. The summed E-state index contributed by atoms with van der Waals surface area (Å²) in [6.07, 6.45) is 0. The van der Waals surface area contributed by atoms with Gasteiger partial charge in [0.25, 0.3) is 0 Å². The summed E-state index contributed by atoms with van der Waals surface area (Å²) in [4.78, 5) is -0.0375. The smallest absolute Gasteiger partial charge is 0.246 e. The molecule has 2 aromatic heterocycles. The molecule has 2 aromatic carbocycles. The summed E-state index contributed by atoms with van der Waals surface area (Å²) in [5.74, 6) is 0.170. The maximum absolute atomic E-state index is 12.9. The number of benzene rings is 2. The predicted molar refractivity (Wildman–Crippen MR) is 124 cm³/mol. The van der Waals surface area contributed by atoms with Crippen molar-refractivity contribution in [1.29, 1.82) is 5.26 Å². The second-order valence-electron chi connectivity index (χ2n) is 7.13. The topological polar surface area (TPSA) is 114 Å². The van der Waals surface area contributed by atoms with Crippen molar-refractivity contribution >= 4 is 33.2 Å². The van der Waals surface area contributed by atoms with Gasteiger partial charge in [-0.2, -0.15) is 10.4 Å². The lowest BCUT2D eigenvalue weighted by molar-refractivity contribution is 0.390. The van der Waals surface area contributed by atoms with E-state index < -0.39 is 10.0 Å². The van der Waals surface area contributed by atoms with Crippen molar-refractivity contribution < 1.29 is 12.9 Å². The number of hydrogen-bond donors (Lipinski definition) is 1. The molecule has 4 rings (SSSR count). The summed E-state index contributed by atoms with van der Waals surface area (Å²) < 4.78 is 34.7. The second-order valence-corrected chi connectivity index (χ2v) is 9.68. The van der Waals surface area contributed by atoms with E-state index in [0.717, 1.165) is 0 Å². The zero-order chi connectivity index (χ0) is 23.8. The largest absolute Gasteiger partial charge is 0.360 e. The molecule has 0 aliphatic rings. The number of aryl methyl sites for hydroxylation is 2. The van der Waals surface area contributed by atoms with Gasteiger partial charge in [0.05, 0.1) is 28.6 Å². The molecule has 0 radical (unpaired) electrons. The maximum atomic E-state index is 12.9. The first-order valence-corrected chi connectivity index (χ1v) is 11.9. The second kappa shape index (κ2) is 9.00. The SMILES string of the molecule is Cc1noc(C)c1S(=O)(=O)NCc1nn(-c2ccccc2Cl)c(-c2ccc(Cl)cc2)c1C#N. The molecule has 0 spiro atoms. The van der Waals surface area contributed by atoms with Crippen molar-refractivity contribution in [2.75, 3.05) is 0 Å². The lowest BCUT2D eigenvalue weighted by Gasteiger charge is -2.09. The predicted octanol–water partition coefficient (Wildman–Crippen LogP) is 4.80. The summed E-state index contributed by atoms with van der Waals surface area (Å²) in [5, 5.41) is 19.2. The number of para-hydroxylation sites is 1. The van der Waals surface area contributed by atoms with E-state index in [1.165, 1.54) is 18.5 Å². The zero-order valence-corrected chi connectivity index (χ0v) is 19.8. The van der Waals surface area contributed by atoms with E-state index >= 15 is 0 Å². The Kier molecular flexibility index (Phi) is 6.28. The maximum Gasteiger partial charge on any atom is 0.246 e. The molecule has 0 saturated carbocycles. The molecule has 0 unspecified atom stereocenters. The molecule has 0 atom stereocenters. The van der Waals surface area contributed by atoms with Crippen LogP contribution < -0.4 is 4.72 Å². The first-order chi connectivity index (χ1) is 15.7. The van der Waals surface area contributed by atoms with Crippen molar-refractivity contribution in [2.45, 2.75) is 25.3 Å². The van der Waals surface area contributed by atoms with E-state index in [1.807, 2.05) is 0 Å². The fourth-order valence-corrected chi connectivity index (χ4v) is 5.13. The molecule has 11 heteroatoms. The Bertz CT molecular complexity index is 1470. The van der Waals surface area contributed by atoms with Gasteiger partial charge in [-0.25, -0.2) is 17.8 Å². The number of nitriles is 1. The minimum atomic E-state index is -3.96. The molecular formula is C22H17Cl2N5O3S. The number of hydrogen-bond acceptors (Lipinski definition) is 6. The van der Waals surface area contributed by atoms with Gasteiger partial charge in [0, 0.05) is 10.6 Å². The van der Waals surface area contributed by atoms with E-state index in [2.05, 4.69) is 21.0 Å². The van der Waals surface area contributed by atoms with Gasteiger partial charge in [0.1, 0.15) is 22.2 Å². The molecular weight excluding hydrogens is 485 g/mol. The van der Waals surface area contributed by atoms with Crippen molar-refractivity contribution in [3.05, 3.63) is 81.3 Å². The summed E-state index contributed by atoms with van der Waals surface area (Å²) >= 11 is 12.4. The molecule has 0 amide bonds.